The van der Waals surface area contributed by atoms with Crippen molar-refractivity contribution in [3.63, 3.8) is 0 Å². The van der Waals surface area contributed by atoms with Gasteiger partial charge in [0.2, 0.25) is 0 Å². The molecule has 0 aliphatic heterocycles. The summed E-state index contributed by atoms with van der Waals surface area (Å²) in [6, 6.07) is 20.3. The molecule has 26 heavy (non-hydrogen) atoms. The summed E-state index contributed by atoms with van der Waals surface area (Å²) in [5.41, 5.74) is 4.31. The molecule has 136 valence electrons. The average Bonchev–Trinajstić information content (AvgIpc) is 3.12. The molecule has 3 rings (SSSR count). The molecule has 2 aromatic carbocycles. The minimum Gasteiger partial charge on any atom is -0.356 e. The molecule has 0 aliphatic rings. The molecule has 2 N–H and O–H groups in total. The van der Waals surface area contributed by atoms with Crippen molar-refractivity contribution >= 4 is 29.9 Å². The van der Waals surface area contributed by atoms with E-state index in [-0.39, 0.29) is 24.0 Å². The van der Waals surface area contributed by atoms with Crippen molar-refractivity contribution in [2.45, 2.75) is 20.0 Å². The topological polar surface area (TPSA) is 62.5 Å². The van der Waals surface area contributed by atoms with Gasteiger partial charge in [-0.25, -0.2) is 0 Å². The number of aliphatic imine (C=N–C) groups is 1. The van der Waals surface area contributed by atoms with E-state index >= 15 is 0 Å². The van der Waals surface area contributed by atoms with Gasteiger partial charge in [0.25, 0.3) is 0 Å². The molecule has 0 bridgehead atoms. The van der Waals surface area contributed by atoms with Crippen LogP contribution in [0.25, 0.3) is 11.3 Å². The predicted molar refractivity (Wildman–Crippen MR) is 116 cm³/mol. The lowest BCUT2D eigenvalue weighted by molar-refractivity contribution is 0.422. The second-order valence-corrected chi connectivity index (χ2v) is 5.82. The molecule has 0 radical (unpaired) electrons. The van der Waals surface area contributed by atoms with Crippen LogP contribution in [-0.2, 0) is 13.1 Å². The fraction of sp³-hybridized carbons (Fsp3) is 0.200. The second-order valence-electron chi connectivity index (χ2n) is 5.82. The summed E-state index contributed by atoms with van der Waals surface area (Å²) < 4.78 is 5.41. The molecular weight excluding hydrogens is 439 g/mol. The molecular formula is C20H23IN4O. The number of guanidine groups is 1. The molecule has 0 spiro atoms. The Labute approximate surface area is 170 Å². The van der Waals surface area contributed by atoms with Crippen LogP contribution in [0, 0.1) is 6.92 Å². The predicted octanol–water partition coefficient (Wildman–Crippen LogP) is 4.13. The van der Waals surface area contributed by atoms with Gasteiger partial charge in [-0.2, -0.15) is 0 Å². The summed E-state index contributed by atoms with van der Waals surface area (Å²) in [7, 11) is 1.75. The number of aryl methyl sites for hydroxylation is 1. The number of rotatable bonds is 5. The number of benzene rings is 2. The Morgan fingerprint density at radius 3 is 2.50 bits per heavy atom. The zero-order valence-electron chi connectivity index (χ0n) is 14.9. The summed E-state index contributed by atoms with van der Waals surface area (Å²) in [5.74, 6) is 1.49. The minimum absolute atomic E-state index is 0. The van der Waals surface area contributed by atoms with Crippen LogP contribution in [-0.4, -0.2) is 18.2 Å². The molecule has 5 nitrogen and oxygen atoms in total. The summed E-state index contributed by atoms with van der Waals surface area (Å²) in [6.07, 6.45) is 0. The molecule has 1 heterocycles. The third-order valence-electron chi connectivity index (χ3n) is 3.82. The van der Waals surface area contributed by atoms with Gasteiger partial charge in [-0.3, -0.25) is 4.99 Å². The van der Waals surface area contributed by atoms with E-state index in [9.17, 15) is 0 Å². The van der Waals surface area contributed by atoms with E-state index in [0.717, 1.165) is 29.5 Å². The maximum absolute atomic E-state index is 5.41. The Hall–Kier alpha value is -2.35. The number of hydrogen-bond donors (Lipinski definition) is 2. The summed E-state index contributed by atoms with van der Waals surface area (Å²) in [4.78, 5) is 4.24. The zero-order valence-corrected chi connectivity index (χ0v) is 17.2. The highest BCUT2D eigenvalue weighted by Crippen LogP contribution is 2.19. The third kappa shape index (κ3) is 5.59. The average molecular weight is 462 g/mol. The van der Waals surface area contributed by atoms with E-state index < -0.39 is 0 Å². The maximum Gasteiger partial charge on any atom is 0.191 e. The van der Waals surface area contributed by atoms with E-state index in [1.807, 2.05) is 36.4 Å². The Kier molecular flexibility index (Phi) is 7.65. The van der Waals surface area contributed by atoms with Gasteiger partial charge < -0.3 is 15.2 Å². The quantitative estimate of drug-likeness (QED) is 0.340. The number of aromatic nitrogens is 1. The molecule has 0 saturated heterocycles. The van der Waals surface area contributed by atoms with Crippen LogP contribution in [0.4, 0.5) is 0 Å². The molecule has 0 aliphatic carbocycles. The van der Waals surface area contributed by atoms with Crippen LogP contribution in [0.1, 0.15) is 16.8 Å². The van der Waals surface area contributed by atoms with Gasteiger partial charge in [0.05, 0.1) is 6.54 Å². The van der Waals surface area contributed by atoms with Crippen LogP contribution < -0.4 is 10.6 Å². The number of halogens is 1. The van der Waals surface area contributed by atoms with Crippen molar-refractivity contribution < 1.29 is 4.52 Å². The number of nitrogens with one attached hydrogen (secondary N) is 2. The minimum atomic E-state index is 0. The monoisotopic (exact) mass is 462 g/mol. The van der Waals surface area contributed by atoms with Crippen molar-refractivity contribution in [1.29, 1.82) is 0 Å². The normalized spacial score (nSPS) is 10.9. The standard InChI is InChI=1S/C20H22N4O.HI/c1-15-7-6-8-16(11-15)13-22-20(21-2)23-14-18-12-19(25-24-18)17-9-4-3-5-10-17;/h3-12H,13-14H2,1-2H3,(H2,21,22,23);1H. The van der Waals surface area contributed by atoms with Crippen molar-refractivity contribution in [2.24, 2.45) is 4.99 Å². The summed E-state index contributed by atoms with van der Waals surface area (Å²) >= 11 is 0. The van der Waals surface area contributed by atoms with Crippen LogP contribution in [0.2, 0.25) is 0 Å². The first-order valence-corrected chi connectivity index (χ1v) is 8.25. The van der Waals surface area contributed by atoms with Crippen LogP contribution in [0.15, 0.2) is 70.2 Å². The highest BCUT2D eigenvalue weighted by molar-refractivity contribution is 14.0. The first-order chi connectivity index (χ1) is 12.2. The van der Waals surface area contributed by atoms with E-state index in [2.05, 4.69) is 52.0 Å². The van der Waals surface area contributed by atoms with Crippen LogP contribution in [0.3, 0.4) is 0 Å². The molecule has 3 aromatic rings. The van der Waals surface area contributed by atoms with Gasteiger partial charge >= 0.3 is 0 Å². The van der Waals surface area contributed by atoms with Crippen molar-refractivity contribution in [1.82, 2.24) is 15.8 Å². The van der Waals surface area contributed by atoms with E-state index in [1.54, 1.807) is 7.05 Å². The van der Waals surface area contributed by atoms with Crippen molar-refractivity contribution in [3.8, 4) is 11.3 Å². The Balaban J connectivity index is 0.00000243. The molecule has 0 saturated carbocycles. The fourth-order valence-corrected chi connectivity index (χ4v) is 2.54. The molecule has 6 heteroatoms. The maximum atomic E-state index is 5.41. The molecule has 0 amide bonds. The van der Waals surface area contributed by atoms with Gasteiger partial charge in [-0.1, -0.05) is 65.3 Å². The fourth-order valence-electron chi connectivity index (χ4n) is 2.54. The Morgan fingerprint density at radius 1 is 1.00 bits per heavy atom. The first-order valence-electron chi connectivity index (χ1n) is 8.25. The number of hydrogen-bond acceptors (Lipinski definition) is 3. The van der Waals surface area contributed by atoms with E-state index in [4.69, 9.17) is 4.52 Å². The SMILES string of the molecule is CN=C(NCc1cccc(C)c1)NCc1cc(-c2ccccc2)on1.I. The van der Waals surface area contributed by atoms with E-state index in [0.29, 0.717) is 6.54 Å². The molecule has 0 fully saturated rings. The van der Waals surface area contributed by atoms with Crippen molar-refractivity contribution in [3.05, 3.63) is 77.5 Å². The summed E-state index contributed by atoms with van der Waals surface area (Å²) in [5, 5.41) is 10.7. The highest BCUT2D eigenvalue weighted by atomic mass is 127. The molecule has 1 aromatic heterocycles. The lowest BCUT2D eigenvalue weighted by Gasteiger charge is -2.11. The van der Waals surface area contributed by atoms with Gasteiger partial charge in [0.15, 0.2) is 11.7 Å². The van der Waals surface area contributed by atoms with Gasteiger partial charge in [-0.05, 0) is 12.5 Å². The molecule has 0 unspecified atom stereocenters. The van der Waals surface area contributed by atoms with Crippen molar-refractivity contribution in [2.75, 3.05) is 7.05 Å². The Morgan fingerprint density at radius 2 is 1.77 bits per heavy atom. The smallest absolute Gasteiger partial charge is 0.191 e. The zero-order chi connectivity index (χ0) is 17.5. The first kappa shape index (κ1) is 20.0. The lowest BCUT2D eigenvalue weighted by Crippen LogP contribution is -2.36. The highest BCUT2D eigenvalue weighted by Gasteiger charge is 2.07. The third-order valence-corrected chi connectivity index (χ3v) is 3.82. The largest absolute Gasteiger partial charge is 0.356 e. The number of nitrogens with zero attached hydrogens (tertiary/aromatic N) is 2. The second kappa shape index (κ2) is 9.96. The molecule has 0 atom stereocenters. The van der Waals surface area contributed by atoms with Gasteiger partial charge in [0, 0.05) is 25.2 Å². The lowest BCUT2D eigenvalue weighted by atomic mass is 10.1. The van der Waals surface area contributed by atoms with Gasteiger partial charge in [-0.15, -0.1) is 24.0 Å². The Bertz CT molecular complexity index is 846. The van der Waals surface area contributed by atoms with Crippen LogP contribution in [0.5, 0.6) is 0 Å². The van der Waals surface area contributed by atoms with Gasteiger partial charge in [0.1, 0.15) is 5.69 Å². The van der Waals surface area contributed by atoms with Crippen LogP contribution >= 0.6 is 24.0 Å². The van der Waals surface area contributed by atoms with E-state index in [1.165, 1.54) is 11.1 Å². The summed E-state index contributed by atoms with van der Waals surface area (Å²) in [6.45, 7) is 3.35.